The van der Waals surface area contributed by atoms with Crippen LogP contribution in [0.4, 0.5) is 0 Å². The molecule has 1 atom stereocenters. The highest BCUT2D eigenvalue weighted by molar-refractivity contribution is 9.10. The number of hydrogen-bond acceptors (Lipinski definition) is 3. The van der Waals surface area contributed by atoms with Gasteiger partial charge >= 0.3 is 0 Å². The molecule has 90 valence electrons. The second-order valence-electron chi connectivity index (χ2n) is 4.54. The monoisotopic (exact) mass is 294 g/mol. The Morgan fingerprint density at radius 3 is 2.65 bits per heavy atom. The van der Waals surface area contributed by atoms with Crippen LogP contribution in [-0.2, 0) is 0 Å². The van der Waals surface area contributed by atoms with E-state index < -0.39 is 0 Å². The van der Waals surface area contributed by atoms with Crippen molar-refractivity contribution in [3.05, 3.63) is 27.7 Å². The van der Waals surface area contributed by atoms with Crippen LogP contribution in [0.15, 0.2) is 16.6 Å². The molecule has 0 bridgehead atoms. The van der Waals surface area contributed by atoms with E-state index in [2.05, 4.69) is 15.9 Å². The van der Waals surface area contributed by atoms with Crippen LogP contribution in [0.25, 0.3) is 0 Å². The van der Waals surface area contributed by atoms with E-state index in [1.807, 2.05) is 6.07 Å². The minimum absolute atomic E-state index is 0.0290. The van der Waals surface area contributed by atoms with Gasteiger partial charge in [-0.3, -0.25) is 0 Å². The predicted molar refractivity (Wildman–Crippen MR) is 69.4 cm³/mol. The molecule has 1 aliphatic rings. The summed E-state index contributed by atoms with van der Waals surface area (Å²) in [4.78, 5) is 0. The van der Waals surface area contributed by atoms with Crippen molar-refractivity contribution in [3.8, 4) is 11.8 Å². The molecule has 4 heteroatoms. The topological polar surface area (TPSA) is 70.0 Å². The molecule has 0 radical (unpaired) electrons. The highest BCUT2D eigenvalue weighted by Gasteiger charge is 2.27. The summed E-state index contributed by atoms with van der Waals surface area (Å²) in [5, 5.41) is 19.0. The lowest BCUT2D eigenvalue weighted by Gasteiger charge is -2.21. The van der Waals surface area contributed by atoms with Crippen LogP contribution in [-0.4, -0.2) is 5.11 Å². The number of nitrogens with zero attached hydrogens (tertiary/aromatic N) is 1. The first kappa shape index (κ1) is 12.4. The van der Waals surface area contributed by atoms with Gasteiger partial charge in [0.1, 0.15) is 11.8 Å². The third-order valence-electron chi connectivity index (χ3n) is 3.53. The van der Waals surface area contributed by atoms with Gasteiger partial charge in [-0.15, -0.1) is 0 Å². The van der Waals surface area contributed by atoms with Crippen LogP contribution in [0, 0.1) is 17.2 Å². The molecule has 2 rings (SSSR count). The highest BCUT2D eigenvalue weighted by atomic mass is 79.9. The Bertz CT molecular complexity index is 461. The SMILES string of the molecule is N#Cc1ccc(Br)c([C@@H](N)C2CCCC2)c1O. The minimum Gasteiger partial charge on any atom is -0.506 e. The van der Waals surface area contributed by atoms with Crippen LogP contribution in [0.1, 0.15) is 42.9 Å². The highest BCUT2D eigenvalue weighted by Crippen LogP contribution is 2.41. The smallest absolute Gasteiger partial charge is 0.139 e. The van der Waals surface area contributed by atoms with Gasteiger partial charge in [-0.25, -0.2) is 0 Å². The zero-order valence-electron chi connectivity index (χ0n) is 9.49. The van der Waals surface area contributed by atoms with Gasteiger partial charge < -0.3 is 10.8 Å². The lowest BCUT2D eigenvalue weighted by Crippen LogP contribution is -2.20. The molecule has 0 aliphatic heterocycles. The van der Waals surface area contributed by atoms with Crippen molar-refractivity contribution in [1.82, 2.24) is 0 Å². The van der Waals surface area contributed by atoms with Gasteiger partial charge in [0, 0.05) is 16.1 Å². The molecule has 1 aromatic carbocycles. The van der Waals surface area contributed by atoms with E-state index in [9.17, 15) is 5.11 Å². The summed E-state index contributed by atoms with van der Waals surface area (Å²) in [6, 6.07) is 5.17. The summed E-state index contributed by atoms with van der Waals surface area (Å²) in [5.74, 6) is 0.437. The molecular formula is C13H15BrN2O. The molecule has 1 aliphatic carbocycles. The largest absolute Gasteiger partial charge is 0.506 e. The summed E-state index contributed by atoms with van der Waals surface area (Å²) in [6.07, 6.45) is 4.61. The quantitative estimate of drug-likeness (QED) is 0.880. The summed E-state index contributed by atoms with van der Waals surface area (Å²) in [5.41, 5.74) is 7.19. The van der Waals surface area contributed by atoms with Gasteiger partial charge in [-0.05, 0) is 30.9 Å². The first-order valence-corrected chi connectivity index (χ1v) is 6.61. The second kappa shape index (κ2) is 5.07. The first-order chi connectivity index (χ1) is 8.15. The van der Waals surface area contributed by atoms with Gasteiger partial charge in [-0.1, -0.05) is 28.8 Å². The molecule has 0 aromatic heterocycles. The van der Waals surface area contributed by atoms with Crippen molar-refractivity contribution in [2.75, 3.05) is 0 Å². The zero-order chi connectivity index (χ0) is 12.4. The van der Waals surface area contributed by atoms with Crippen molar-refractivity contribution in [2.24, 2.45) is 11.7 Å². The normalized spacial score (nSPS) is 17.9. The number of nitriles is 1. The summed E-state index contributed by atoms with van der Waals surface area (Å²) < 4.78 is 0.786. The maximum atomic E-state index is 10.1. The van der Waals surface area contributed by atoms with Crippen LogP contribution >= 0.6 is 15.9 Å². The van der Waals surface area contributed by atoms with Crippen molar-refractivity contribution >= 4 is 15.9 Å². The van der Waals surface area contributed by atoms with Gasteiger partial charge in [0.25, 0.3) is 0 Å². The molecule has 1 aromatic rings. The Morgan fingerprint density at radius 2 is 2.06 bits per heavy atom. The van der Waals surface area contributed by atoms with Gasteiger partial charge in [0.15, 0.2) is 0 Å². The van der Waals surface area contributed by atoms with Crippen molar-refractivity contribution in [2.45, 2.75) is 31.7 Å². The first-order valence-electron chi connectivity index (χ1n) is 5.82. The maximum Gasteiger partial charge on any atom is 0.139 e. The number of rotatable bonds is 2. The lowest BCUT2D eigenvalue weighted by molar-refractivity contribution is 0.410. The van der Waals surface area contributed by atoms with Gasteiger partial charge in [0.05, 0.1) is 5.56 Å². The van der Waals surface area contributed by atoms with Crippen molar-refractivity contribution < 1.29 is 5.11 Å². The molecule has 3 nitrogen and oxygen atoms in total. The van der Waals surface area contributed by atoms with E-state index in [0.29, 0.717) is 11.5 Å². The maximum absolute atomic E-state index is 10.1. The Labute approximate surface area is 109 Å². The van der Waals surface area contributed by atoms with Crippen LogP contribution in [0.2, 0.25) is 0 Å². The van der Waals surface area contributed by atoms with Crippen LogP contribution in [0.5, 0.6) is 5.75 Å². The summed E-state index contributed by atoms with van der Waals surface area (Å²) >= 11 is 3.41. The van der Waals surface area contributed by atoms with Crippen molar-refractivity contribution in [1.29, 1.82) is 5.26 Å². The fraction of sp³-hybridized carbons (Fsp3) is 0.462. The molecule has 1 fully saturated rings. The number of aromatic hydroxyl groups is 1. The van der Waals surface area contributed by atoms with E-state index in [1.165, 1.54) is 12.8 Å². The molecule has 0 saturated heterocycles. The van der Waals surface area contributed by atoms with Gasteiger partial charge in [-0.2, -0.15) is 5.26 Å². The van der Waals surface area contributed by atoms with Crippen LogP contribution < -0.4 is 5.73 Å². The third kappa shape index (κ3) is 2.31. The van der Waals surface area contributed by atoms with E-state index in [0.717, 1.165) is 17.3 Å². The molecule has 1 saturated carbocycles. The number of halogens is 1. The zero-order valence-corrected chi connectivity index (χ0v) is 11.1. The number of phenols is 1. The Hall–Kier alpha value is -1.05. The van der Waals surface area contributed by atoms with E-state index in [4.69, 9.17) is 11.0 Å². The minimum atomic E-state index is -0.194. The molecule has 0 unspecified atom stereocenters. The number of nitrogens with two attached hydrogens (primary N) is 1. The Morgan fingerprint density at radius 1 is 1.41 bits per heavy atom. The van der Waals surface area contributed by atoms with Crippen molar-refractivity contribution in [3.63, 3.8) is 0 Å². The molecule has 0 heterocycles. The van der Waals surface area contributed by atoms with Gasteiger partial charge in [0.2, 0.25) is 0 Å². The second-order valence-corrected chi connectivity index (χ2v) is 5.39. The van der Waals surface area contributed by atoms with E-state index in [-0.39, 0.29) is 17.4 Å². The van der Waals surface area contributed by atoms with E-state index >= 15 is 0 Å². The standard InChI is InChI=1S/C13H15BrN2O/c14-10-6-5-9(7-15)13(17)11(10)12(16)8-3-1-2-4-8/h5-6,8,12,17H,1-4,16H2/t12-/m0/s1. The molecule has 0 amide bonds. The third-order valence-corrected chi connectivity index (χ3v) is 4.22. The number of benzene rings is 1. The molecule has 17 heavy (non-hydrogen) atoms. The fourth-order valence-corrected chi connectivity index (χ4v) is 3.13. The lowest BCUT2D eigenvalue weighted by atomic mass is 9.91. The van der Waals surface area contributed by atoms with Crippen LogP contribution in [0.3, 0.4) is 0 Å². The number of hydrogen-bond donors (Lipinski definition) is 2. The summed E-state index contributed by atoms with van der Waals surface area (Å²) in [6.45, 7) is 0. The summed E-state index contributed by atoms with van der Waals surface area (Å²) in [7, 11) is 0. The number of phenolic OH excluding ortho intramolecular Hbond substituents is 1. The average Bonchev–Trinajstić information content (AvgIpc) is 2.82. The average molecular weight is 295 g/mol. The molecule has 0 spiro atoms. The Kier molecular flexibility index (Phi) is 3.70. The molecular weight excluding hydrogens is 280 g/mol. The molecule has 3 N–H and O–H groups in total. The Balaban J connectivity index is 2.40. The fourth-order valence-electron chi connectivity index (χ4n) is 2.54. The predicted octanol–water partition coefficient (Wildman–Crippen LogP) is 3.22. The van der Waals surface area contributed by atoms with E-state index in [1.54, 1.807) is 12.1 Å².